The molecule has 0 amide bonds. The molecule has 1 aliphatic rings. The van der Waals surface area contributed by atoms with E-state index < -0.39 is 0 Å². The molecule has 1 aliphatic carbocycles. The molecule has 118 valence electrons. The Morgan fingerprint density at radius 3 is 2.76 bits per heavy atom. The first-order chi connectivity index (χ1) is 10.1. The number of aryl methyl sites for hydroxylation is 1. The maximum absolute atomic E-state index is 4.58. The Morgan fingerprint density at radius 2 is 2.24 bits per heavy atom. The van der Waals surface area contributed by atoms with Gasteiger partial charge in [-0.15, -0.1) is 0 Å². The quantitative estimate of drug-likeness (QED) is 0.555. The van der Waals surface area contributed by atoms with Crippen molar-refractivity contribution >= 4 is 5.96 Å². The molecule has 1 saturated carbocycles. The van der Waals surface area contributed by atoms with E-state index in [9.17, 15) is 0 Å². The summed E-state index contributed by atoms with van der Waals surface area (Å²) < 4.78 is 1.75. The maximum Gasteiger partial charge on any atom is 0.191 e. The van der Waals surface area contributed by atoms with Crippen molar-refractivity contribution in [3.63, 3.8) is 0 Å². The molecule has 2 rings (SSSR count). The molecule has 1 aromatic rings. The van der Waals surface area contributed by atoms with Crippen molar-refractivity contribution in [3.05, 3.63) is 12.2 Å². The molecule has 7 nitrogen and oxygen atoms in total. The highest BCUT2D eigenvalue weighted by Crippen LogP contribution is 2.34. The summed E-state index contributed by atoms with van der Waals surface area (Å²) in [6, 6.07) is 0.573. The highest BCUT2D eigenvalue weighted by Gasteiger charge is 2.32. The van der Waals surface area contributed by atoms with Gasteiger partial charge in [-0.05, 0) is 39.8 Å². The third-order valence-electron chi connectivity index (χ3n) is 3.84. The number of aromatic nitrogens is 3. The van der Waals surface area contributed by atoms with Crippen LogP contribution >= 0.6 is 0 Å². The topological polar surface area (TPSA) is 70.4 Å². The summed E-state index contributed by atoms with van der Waals surface area (Å²) in [6.45, 7) is 4.37. The predicted octanol–water partition coefficient (Wildman–Crippen LogP) is 0.210. The minimum absolute atomic E-state index is 0.530. The highest BCUT2D eigenvalue weighted by atomic mass is 15.3. The second-order valence-corrected chi connectivity index (χ2v) is 5.74. The van der Waals surface area contributed by atoms with Crippen LogP contribution < -0.4 is 10.6 Å². The van der Waals surface area contributed by atoms with Crippen molar-refractivity contribution in [2.45, 2.75) is 32.4 Å². The summed E-state index contributed by atoms with van der Waals surface area (Å²) in [5.41, 5.74) is 0. The van der Waals surface area contributed by atoms with Crippen LogP contribution in [0.15, 0.2) is 11.3 Å². The van der Waals surface area contributed by atoms with Gasteiger partial charge in [-0.1, -0.05) is 0 Å². The van der Waals surface area contributed by atoms with Gasteiger partial charge in [0.1, 0.15) is 18.7 Å². The molecule has 21 heavy (non-hydrogen) atoms. The maximum atomic E-state index is 4.58. The number of likely N-dealkylation sites (N-methyl/N-ethyl adjacent to an activating group) is 1. The molecular weight excluding hydrogens is 266 g/mol. The van der Waals surface area contributed by atoms with E-state index in [0.717, 1.165) is 30.8 Å². The SMILES string of the molecule is CCNC(=NCc1ncnn1C)NCC(C1CC1)N(C)C. The van der Waals surface area contributed by atoms with Gasteiger partial charge in [-0.25, -0.2) is 9.98 Å². The Labute approximate surface area is 126 Å². The molecule has 0 bridgehead atoms. The zero-order chi connectivity index (χ0) is 15.2. The van der Waals surface area contributed by atoms with E-state index in [0.29, 0.717) is 12.6 Å². The number of hydrogen-bond donors (Lipinski definition) is 2. The van der Waals surface area contributed by atoms with Gasteiger partial charge in [-0.3, -0.25) is 4.68 Å². The van der Waals surface area contributed by atoms with E-state index in [4.69, 9.17) is 0 Å². The van der Waals surface area contributed by atoms with Crippen LogP contribution in [0.5, 0.6) is 0 Å². The van der Waals surface area contributed by atoms with E-state index in [1.807, 2.05) is 7.05 Å². The summed E-state index contributed by atoms with van der Waals surface area (Å²) in [7, 11) is 6.18. The number of nitrogens with one attached hydrogen (secondary N) is 2. The van der Waals surface area contributed by atoms with Crippen LogP contribution in [0.25, 0.3) is 0 Å². The Morgan fingerprint density at radius 1 is 1.48 bits per heavy atom. The molecule has 1 unspecified atom stereocenters. The van der Waals surface area contributed by atoms with Crippen LogP contribution in [0.2, 0.25) is 0 Å². The van der Waals surface area contributed by atoms with Gasteiger partial charge in [0, 0.05) is 26.2 Å². The molecule has 1 fully saturated rings. The molecule has 0 aliphatic heterocycles. The number of aliphatic imine (C=N–C) groups is 1. The van der Waals surface area contributed by atoms with Crippen molar-refractivity contribution in [2.75, 3.05) is 27.2 Å². The third kappa shape index (κ3) is 4.70. The van der Waals surface area contributed by atoms with Gasteiger partial charge in [0.2, 0.25) is 0 Å². The fourth-order valence-corrected chi connectivity index (χ4v) is 2.41. The van der Waals surface area contributed by atoms with E-state index in [-0.39, 0.29) is 0 Å². The summed E-state index contributed by atoms with van der Waals surface area (Å²) in [5.74, 6) is 2.53. The van der Waals surface area contributed by atoms with Crippen molar-refractivity contribution in [1.82, 2.24) is 30.3 Å². The van der Waals surface area contributed by atoms with Gasteiger partial charge in [0.05, 0.1) is 0 Å². The molecule has 7 heteroatoms. The van der Waals surface area contributed by atoms with Crippen molar-refractivity contribution in [2.24, 2.45) is 18.0 Å². The number of rotatable bonds is 7. The predicted molar refractivity (Wildman–Crippen MR) is 84.0 cm³/mol. The molecule has 2 N–H and O–H groups in total. The number of guanidine groups is 1. The van der Waals surface area contributed by atoms with E-state index >= 15 is 0 Å². The highest BCUT2D eigenvalue weighted by molar-refractivity contribution is 5.79. The molecule has 1 atom stereocenters. The van der Waals surface area contributed by atoms with Gasteiger partial charge in [0.25, 0.3) is 0 Å². The first-order valence-corrected chi connectivity index (χ1v) is 7.63. The lowest BCUT2D eigenvalue weighted by Crippen LogP contribution is -2.46. The average molecular weight is 293 g/mol. The molecule has 0 saturated heterocycles. The Kier molecular flexibility index (Phi) is 5.55. The third-order valence-corrected chi connectivity index (χ3v) is 3.84. The van der Waals surface area contributed by atoms with E-state index in [1.165, 1.54) is 12.8 Å². The minimum Gasteiger partial charge on any atom is -0.357 e. The smallest absolute Gasteiger partial charge is 0.191 e. The molecular formula is C14H27N7. The van der Waals surface area contributed by atoms with Crippen LogP contribution in [-0.2, 0) is 13.6 Å². The number of nitrogens with zero attached hydrogens (tertiary/aromatic N) is 5. The monoisotopic (exact) mass is 293 g/mol. The normalized spacial score (nSPS) is 17.1. The molecule has 0 spiro atoms. The minimum atomic E-state index is 0.530. The Bertz CT molecular complexity index is 460. The summed E-state index contributed by atoms with van der Waals surface area (Å²) in [6.07, 6.45) is 4.24. The number of hydrogen-bond acceptors (Lipinski definition) is 4. The van der Waals surface area contributed by atoms with Crippen LogP contribution in [0.4, 0.5) is 0 Å². The summed E-state index contributed by atoms with van der Waals surface area (Å²) in [4.78, 5) is 11.1. The fraction of sp³-hybridized carbons (Fsp3) is 0.786. The largest absolute Gasteiger partial charge is 0.357 e. The molecule has 1 heterocycles. The first-order valence-electron chi connectivity index (χ1n) is 7.63. The van der Waals surface area contributed by atoms with E-state index in [1.54, 1.807) is 11.0 Å². The zero-order valence-electron chi connectivity index (χ0n) is 13.5. The average Bonchev–Trinajstić information content (AvgIpc) is 3.19. The zero-order valence-corrected chi connectivity index (χ0v) is 13.5. The van der Waals surface area contributed by atoms with Crippen LogP contribution in [0, 0.1) is 5.92 Å². The van der Waals surface area contributed by atoms with Crippen LogP contribution in [0.3, 0.4) is 0 Å². The standard InChI is InChI=1S/C14H27N7/c1-5-15-14(17-9-13-18-10-19-21(13)4)16-8-12(20(2)3)11-6-7-11/h10-12H,5-9H2,1-4H3,(H2,15,16,17). The lowest BCUT2D eigenvalue weighted by atomic mass is 10.1. The molecule has 0 aromatic carbocycles. The van der Waals surface area contributed by atoms with Crippen molar-refractivity contribution in [1.29, 1.82) is 0 Å². The summed E-state index contributed by atoms with van der Waals surface area (Å²) in [5, 5.41) is 10.8. The lowest BCUT2D eigenvalue weighted by molar-refractivity contribution is 0.264. The van der Waals surface area contributed by atoms with Crippen molar-refractivity contribution < 1.29 is 0 Å². The fourth-order valence-electron chi connectivity index (χ4n) is 2.41. The van der Waals surface area contributed by atoms with Crippen molar-refractivity contribution in [3.8, 4) is 0 Å². The van der Waals surface area contributed by atoms with Gasteiger partial charge >= 0.3 is 0 Å². The molecule has 0 radical (unpaired) electrons. The van der Waals surface area contributed by atoms with Crippen LogP contribution in [-0.4, -0.2) is 58.9 Å². The Hall–Kier alpha value is -1.63. The summed E-state index contributed by atoms with van der Waals surface area (Å²) >= 11 is 0. The Balaban J connectivity index is 1.90. The van der Waals surface area contributed by atoms with Gasteiger partial charge in [0.15, 0.2) is 5.96 Å². The lowest BCUT2D eigenvalue weighted by Gasteiger charge is -2.25. The van der Waals surface area contributed by atoms with Gasteiger partial charge < -0.3 is 15.5 Å². The van der Waals surface area contributed by atoms with E-state index in [2.05, 4.69) is 51.6 Å². The molecule has 1 aromatic heterocycles. The van der Waals surface area contributed by atoms with Crippen LogP contribution in [0.1, 0.15) is 25.6 Å². The second kappa shape index (κ2) is 7.40. The van der Waals surface area contributed by atoms with Gasteiger partial charge in [-0.2, -0.15) is 5.10 Å². The second-order valence-electron chi connectivity index (χ2n) is 5.74. The first kappa shape index (κ1) is 15.8.